The second-order valence-electron chi connectivity index (χ2n) is 3.74. The van der Waals surface area contributed by atoms with Crippen molar-refractivity contribution in [2.75, 3.05) is 5.32 Å². The Hall–Kier alpha value is -0.790. The van der Waals surface area contributed by atoms with Crippen LogP contribution >= 0.6 is 50.1 Å². The van der Waals surface area contributed by atoms with Crippen molar-refractivity contribution in [3.05, 3.63) is 55.0 Å². The van der Waals surface area contributed by atoms with Gasteiger partial charge in [-0.25, -0.2) is 0 Å². The van der Waals surface area contributed by atoms with Gasteiger partial charge in [0, 0.05) is 13.1 Å². The molecule has 6 heteroatoms. The number of benzene rings is 2. The molecule has 19 heavy (non-hydrogen) atoms. The minimum absolute atomic E-state index is 0.0651. The van der Waals surface area contributed by atoms with Gasteiger partial charge < -0.3 is 10.4 Å². The highest BCUT2D eigenvalue weighted by molar-refractivity contribution is 14.1. The summed E-state index contributed by atoms with van der Waals surface area (Å²) in [5.74, 6) is -0.441. The van der Waals surface area contributed by atoms with Gasteiger partial charge >= 0.3 is 0 Å². The van der Waals surface area contributed by atoms with Crippen LogP contribution < -0.4 is 5.32 Å². The van der Waals surface area contributed by atoms with Gasteiger partial charge in [0.15, 0.2) is 0 Å². The maximum absolute atomic E-state index is 12.1. The van der Waals surface area contributed by atoms with Gasteiger partial charge in [-0.3, -0.25) is 4.79 Å². The average Bonchev–Trinajstić information content (AvgIpc) is 2.35. The Morgan fingerprint density at radius 3 is 2.68 bits per heavy atom. The van der Waals surface area contributed by atoms with Crippen LogP contribution in [0.5, 0.6) is 5.75 Å². The molecule has 0 unspecified atom stereocenters. The molecular weight excluding hydrogens is 444 g/mol. The Bertz CT molecular complexity index is 649. The number of hydrogen-bond acceptors (Lipinski definition) is 2. The number of aromatic hydroxyl groups is 1. The van der Waals surface area contributed by atoms with Crippen molar-refractivity contribution in [3.63, 3.8) is 0 Å². The van der Waals surface area contributed by atoms with Crippen molar-refractivity contribution < 1.29 is 9.90 Å². The molecule has 0 spiro atoms. The first-order valence-corrected chi connectivity index (χ1v) is 7.47. The number of nitrogens with one attached hydrogen (secondary N) is 1. The molecule has 2 rings (SSSR count). The zero-order chi connectivity index (χ0) is 14.0. The number of phenols is 1. The van der Waals surface area contributed by atoms with E-state index < -0.39 is 0 Å². The van der Waals surface area contributed by atoms with E-state index >= 15 is 0 Å². The first kappa shape index (κ1) is 14.6. The first-order valence-electron chi connectivity index (χ1n) is 5.22. The van der Waals surface area contributed by atoms with Crippen molar-refractivity contribution >= 4 is 61.7 Å². The van der Waals surface area contributed by atoms with Crippen LogP contribution in [0.2, 0.25) is 5.02 Å². The molecule has 0 aliphatic heterocycles. The minimum Gasteiger partial charge on any atom is -0.507 e. The third-order valence-electron chi connectivity index (χ3n) is 2.38. The lowest BCUT2D eigenvalue weighted by Crippen LogP contribution is -2.13. The van der Waals surface area contributed by atoms with Crippen LogP contribution in [-0.4, -0.2) is 11.0 Å². The van der Waals surface area contributed by atoms with Gasteiger partial charge in [0.25, 0.3) is 5.91 Å². The number of hydrogen-bond donors (Lipinski definition) is 2. The topological polar surface area (TPSA) is 49.3 Å². The first-order chi connectivity index (χ1) is 8.97. The fraction of sp³-hybridized carbons (Fsp3) is 0. The van der Waals surface area contributed by atoms with Crippen molar-refractivity contribution in [2.45, 2.75) is 0 Å². The second-order valence-corrected chi connectivity index (χ2v) is 6.25. The van der Waals surface area contributed by atoms with Gasteiger partial charge in [0.1, 0.15) is 5.75 Å². The van der Waals surface area contributed by atoms with Gasteiger partial charge in [-0.2, -0.15) is 0 Å². The molecule has 0 fully saturated rings. The molecule has 1 amide bonds. The maximum Gasteiger partial charge on any atom is 0.259 e. The number of carbonyl (C=O) groups is 1. The molecule has 0 aliphatic rings. The lowest BCUT2D eigenvalue weighted by molar-refractivity contribution is 0.102. The Kier molecular flexibility index (Phi) is 4.70. The molecule has 2 N–H and O–H groups in total. The molecule has 2 aromatic carbocycles. The van der Waals surface area contributed by atoms with E-state index in [4.69, 9.17) is 11.6 Å². The smallest absolute Gasteiger partial charge is 0.259 e. The van der Waals surface area contributed by atoms with E-state index in [-0.39, 0.29) is 17.2 Å². The zero-order valence-corrected chi connectivity index (χ0v) is 14.0. The van der Waals surface area contributed by atoms with Crippen LogP contribution in [0.25, 0.3) is 0 Å². The average molecular weight is 452 g/mol. The maximum atomic E-state index is 12.1. The van der Waals surface area contributed by atoms with E-state index in [9.17, 15) is 9.90 Å². The fourth-order valence-corrected chi connectivity index (χ4v) is 2.84. The third-order valence-corrected chi connectivity index (χ3v) is 4.00. The summed E-state index contributed by atoms with van der Waals surface area (Å²) in [6.07, 6.45) is 0. The molecule has 0 radical (unpaired) electrons. The molecule has 3 nitrogen and oxygen atoms in total. The number of halogens is 3. The van der Waals surface area contributed by atoms with Gasteiger partial charge in [0.2, 0.25) is 0 Å². The number of amides is 1. The highest BCUT2D eigenvalue weighted by Gasteiger charge is 2.13. The van der Waals surface area contributed by atoms with Crippen LogP contribution in [0.4, 0.5) is 5.69 Å². The molecule has 0 saturated carbocycles. The standard InChI is InChI=1S/C13H8BrClINO2/c14-7-1-4-12(18)9(5-7)13(19)17-11-3-2-8(15)6-10(11)16/h1-6,18H,(H,17,19). The summed E-state index contributed by atoms with van der Waals surface area (Å²) >= 11 is 11.2. The van der Waals surface area contributed by atoms with Crippen molar-refractivity contribution in [1.82, 2.24) is 0 Å². The lowest BCUT2D eigenvalue weighted by atomic mass is 10.2. The van der Waals surface area contributed by atoms with Gasteiger partial charge in [-0.15, -0.1) is 0 Å². The molecule has 0 heterocycles. The predicted molar refractivity (Wildman–Crippen MR) is 87.9 cm³/mol. The van der Waals surface area contributed by atoms with Crippen LogP contribution in [0.3, 0.4) is 0 Å². The summed E-state index contributed by atoms with van der Waals surface area (Å²) in [4.78, 5) is 12.1. The molecule has 0 aromatic heterocycles. The van der Waals surface area contributed by atoms with Gasteiger partial charge in [-0.05, 0) is 59.0 Å². The van der Waals surface area contributed by atoms with Crippen LogP contribution in [0.1, 0.15) is 10.4 Å². The third kappa shape index (κ3) is 3.61. The monoisotopic (exact) mass is 451 g/mol. The SMILES string of the molecule is O=C(Nc1ccc(Cl)cc1I)c1cc(Br)ccc1O. The normalized spacial score (nSPS) is 10.3. The molecule has 0 aliphatic carbocycles. The predicted octanol–water partition coefficient (Wildman–Crippen LogP) is 4.67. The van der Waals surface area contributed by atoms with Gasteiger partial charge in [-0.1, -0.05) is 27.5 Å². The quantitative estimate of drug-likeness (QED) is 0.651. The van der Waals surface area contributed by atoms with Gasteiger partial charge in [0.05, 0.1) is 11.3 Å². The van der Waals surface area contributed by atoms with Crippen LogP contribution in [-0.2, 0) is 0 Å². The molecule has 0 atom stereocenters. The van der Waals surface area contributed by atoms with E-state index in [0.29, 0.717) is 10.7 Å². The Morgan fingerprint density at radius 1 is 1.26 bits per heavy atom. The molecule has 0 saturated heterocycles. The number of phenolic OH excluding ortho intramolecular Hbond substituents is 1. The lowest BCUT2D eigenvalue weighted by Gasteiger charge is -2.09. The Labute approximate surface area is 137 Å². The summed E-state index contributed by atoms with van der Waals surface area (Å²) in [6.45, 7) is 0. The second kappa shape index (κ2) is 6.11. The van der Waals surface area contributed by atoms with Crippen LogP contribution in [0.15, 0.2) is 40.9 Å². The van der Waals surface area contributed by atoms with Crippen LogP contribution in [0, 0.1) is 3.57 Å². The zero-order valence-electron chi connectivity index (χ0n) is 9.45. The summed E-state index contributed by atoms with van der Waals surface area (Å²) < 4.78 is 1.55. The van der Waals surface area contributed by atoms with E-state index in [1.54, 1.807) is 30.3 Å². The largest absolute Gasteiger partial charge is 0.507 e. The summed E-state index contributed by atoms with van der Waals surface area (Å²) in [7, 11) is 0. The van der Waals surface area contributed by atoms with E-state index in [1.807, 2.05) is 0 Å². The number of rotatable bonds is 2. The molecular formula is C13H8BrClINO2. The van der Waals surface area contributed by atoms with E-state index in [1.165, 1.54) is 6.07 Å². The summed E-state index contributed by atoms with van der Waals surface area (Å²) in [6, 6.07) is 9.85. The minimum atomic E-state index is -0.376. The van der Waals surface area contributed by atoms with Crippen molar-refractivity contribution in [3.8, 4) is 5.75 Å². The number of anilines is 1. The Balaban J connectivity index is 2.28. The summed E-state index contributed by atoms with van der Waals surface area (Å²) in [5.41, 5.74) is 0.856. The molecule has 2 aromatic rings. The highest BCUT2D eigenvalue weighted by atomic mass is 127. The summed E-state index contributed by atoms with van der Waals surface area (Å²) in [5, 5.41) is 13.0. The van der Waals surface area contributed by atoms with E-state index in [2.05, 4.69) is 43.8 Å². The Morgan fingerprint density at radius 2 is 2.00 bits per heavy atom. The van der Waals surface area contributed by atoms with E-state index in [0.717, 1.165) is 8.04 Å². The number of carbonyl (C=O) groups excluding carboxylic acids is 1. The molecule has 0 bridgehead atoms. The fourth-order valence-electron chi connectivity index (χ4n) is 1.47. The van der Waals surface area contributed by atoms with Crippen molar-refractivity contribution in [1.29, 1.82) is 0 Å². The molecule has 98 valence electrons. The van der Waals surface area contributed by atoms with Crippen molar-refractivity contribution in [2.24, 2.45) is 0 Å². The highest BCUT2D eigenvalue weighted by Crippen LogP contribution is 2.26.